The highest BCUT2D eigenvalue weighted by molar-refractivity contribution is 7.99. The molecule has 2 aromatic heterocycles. The summed E-state index contributed by atoms with van der Waals surface area (Å²) >= 11 is 7.53. The number of hydrogen-bond donors (Lipinski definition) is 1. The second-order valence-electron chi connectivity index (χ2n) is 8.43. The predicted molar refractivity (Wildman–Crippen MR) is 124 cm³/mol. The number of benzene rings is 1. The molecule has 1 fully saturated rings. The standard InChI is InChI=1S/C23H24ClN5OS/c1-28-9-6-17(20(24)22(28)30)31-19-14-26-18(13-27-19)29-10-7-23(8-11-29)12-15-4-2-3-5-16(15)21(23)25/h2-6,9,13-14,21H,7-8,10-12,25H2,1H3/t21-/m1/s1. The summed E-state index contributed by atoms with van der Waals surface area (Å²) in [4.78, 5) is 24.1. The number of piperidine rings is 1. The normalized spacial score (nSPS) is 19.6. The van der Waals surface area contributed by atoms with Crippen LogP contribution in [0.2, 0.25) is 5.02 Å². The van der Waals surface area contributed by atoms with E-state index < -0.39 is 0 Å². The Balaban J connectivity index is 1.26. The summed E-state index contributed by atoms with van der Waals surface area (Å²) in [7, 11) is 1.68. The highest BCUT2D eigenvalue weighted by atomic mass is 35.5. The van der Waals surface area contributed by atoms with Gasteiger partial charge in [0.1, 0.15) is 15.9 Å². The quantitative estimate of drug-likeness (QED) is 0.649. The Morgan fingerprint density at radius 3 is 2.65 bits per heavy atom. The van der Waals surface area contributed by atoms with E-state index in [1.807, 2.05) is 6.07 Å². The average molecular weight is 454 g/mol. The number of hydrogen-bond acceptors (Lipinski definition) is 6. The molecule has 1 aliphatic heterocycles. The first-order chi connectivity index (χ1) is 15.0. The van der Waals surface area contributed by atoms with Crippen LogP contribution in [0.4, 0.5) is 5.82 Å². The number of aryl methyl sites for hydroxylation is 1. The number of aromatic nitrogens is 3. The molecule has 160 valence electrons. The lowest BCUT2D eigenvalue weighted by molar-refractivity contribution is 0.187. The molecule has 1 atom stereocenters. The topological polar surface area (TPSA) is 77.0 Å². The van der Waals surface area contributed by atoms with Gasteiger partial charge >= 0.3 is 0 Å². The Morgan fingerprint density at radius 1 is 1.16 bits per heavy atom. The molecule has 2 N–H and O–H groups in total. The third-order valence-corrected chi connectivity index (χ3v) is 8.14. The smallest absolute Gasteiger partial charge is 0.270 e. The molecule has 5 rings (SSSR count). The van der Waals surface area contributed by atoms with Crippen LogP contribution in [0.1, 0.15) is 30.0 Å². The molecule has 8 heteroatoms. The minimum Gasteiger partial charge on any atom is -0.355 e. The van der Waals surface area contributed by atoms with E-state index in [4.69, 9.17) is 17.3 Å². The van der Waals surface area contributed by atoms with Crippen molar-refractivity contribution in [1.29, 1.82) is 0 Å². The van der Waals surface area contributed by atoms with Crippen molar-refractivity contribution in [3.8, 4) is 0 Å². The summed E-state index contributed by atoms with van der Waals surface area (Å²) in [6, 6.07) is 10.5. The number of rotatable bonds is 3. The van der Waals surface area contributed by atoms with E-state index in [9.17, 15) is 4.79 Å². The van der Waals surface area contributed by atoms with Gasteiger partial charge in [-0.3, -0.25) is 4.79 Å². The van der Waals surface area contributed by atoms with E-state index in [0.717, 1.165) is 38.2 Å². The van der Waals surface area contributed by atoms with E-state index in [1.165, 1.54) is 27.5 Å². The molecule has 6 nitrogen and oxygen atoms in total. The Kier molecular flexibility index (Phi) is 5.28. The molecule has 1 aliphatic carbocycles. The van der Waals surface area contributed by atoms with Crippen LogP contribution in [0.15, 0.2) is 63.6 Å². The maximum absolute atomic E-state index is 12.0. The zero-order chi connectivity index (χ0) is 21.6. The number of fused-ring (bicyclic) bond motifs is 1. The molecule has 0 bridgehead atoms. The molecule has 1 spiro atoms. The number of nitrogens with two attached hydrogens (primary N) is 1. The van der Waals surface area contributed by atoms with E-state index in [1.54, 1.807) is 25.6 Å². The van der Waals surface area contributed by atoms with Crippen LogP contribution < -0.4 is 16.2 Å². The average Bonchev–Trinajstić information content (AvgIpc) is 3.07. The second kappa shape index (κ2) is 7.97. The summed E-state index contributed by atoms with van der Waals surface area (Å²) in [5.41, 5.74) is 9.33. The molecule has 0 saturated carbocycles. The van der Waals surface area contributed by atoms with Gasteiger partial charge in [-0.05, 0) is 41.9 Å². The van der Waals surface area contributed by atoms with Crippen molar-refractivity contribution in [3.05, 3.63) is 75.4 Å². The maximum atomic E-state index is 12.0. The van der Waals surface area contributed by atoms with E-state index in [0.29, 0.717) is 9.92 Å². The van der Waals surface area contributed by atoms with Crippen molar-refractivity contribution >= 4 is 29.2 Å². The highest BCUT2D eigenvalue weighted by Crippen LogP contribution is 2.50. The van der Waals surface area contributed by atoms with Crippen molar-refractivity contribution in [2.75, 3.05) is 18.0 Å². The molecule has 1 aromatic carbocycles. The summed E-state index contributed by atoms with van der Waals surface area (Å²) in [6.45, 7) is 1.84. The van der Waals surface area contributed by atoms with Gasteiger partial charge in [-0.15, -0.1) is 0 Å². The fourth-order valence-corrected chi connectivity index (χ4v) is 5.84. The molecule has 31 heavy (non-hydrogen) atoms. The maximum Gasteiger partial charge on any atom is 0.270 e. The zero-order valence-corrected chi connectivity index (χ0v) is 18.9. The fraction of sp³-hybridized carbons (Fsp3) is 0.348. The largest absolute Gasteiger partial charge is 0.355 e. The SMILES string of the molecule is Cn1ccc(Sc2cnc(N3CCC4(CC3)Cc3ccccc3[C@H]4N)cn2)c(Cl)c1=O. The van der Waals surface area contributed by atoms with Crippen molar-refractivity contribution in [1.82, 2.24) is 14.5 Å². The number of pyridine rings is 1. The first-order valence-corrected chi connectivity index (χ1v) is 11.6. The van der Waals surface area contributed by atoms with Crippen LogP contribution in [0, 0.1) is 5.41 Å². The Bertz CT molecular complexity index is 1170. The summed E-state index contributed by atoms with van der Waals surface area (Å²) in [6.07, 6.45) is 8.41. The Morgan fingerprint density at radius 2 is 1.94 bits per heavy atom. The molecule has 3 aromatic rings. The first kappa shape index (κ1) is 20.5. The van der Waals surface area contributed by atoms with Crippen molar-refractivity contribution in [3.63, 3.8) is 0 Å². The van der Waals surface area contributed by atoms with Crippen molar-refractivity contribution in [2.45, 2.75) is 35.2 Å². The lowest BCUT2D eigenvalue weighted by atomic mass is 9.73. The number of halogens is 1. The lowest BCUT2D eigenvalue weighted by Crippen LogP contribution is -2.44. The molecule has 0 unspecified atom stereocenters. The monoisotopic (exact) mass is 453 g/mol. The fourth-order valence-electron chi connectivity index (χ4n) is 4.78. The van der Waals surface area contributed by atoms with Gasteiger partial charge in [0.25, 0.3) is 5.56 Å². The van der Waals surface area contributed by atoms with E-state index in [-0.39, 0.29) is 22.0 Å². The summed E-state index contributed by atoms with van der Waals surface area (Å²) in [5.74, 6) is 0.873. The van der Waals surface area contributed by atoms with Gasteiger partial charge < -0.3 is 15.2 Å². The number of nitrogens with zero attached hydrogens (tertiary/aromatic N) is 4. The summed E-state index contributed by atoms with van der Waals surface area (Å²) in [5, 5.41) is 0.914. The highest BCUT2D eigenvalue weighted by Gasteiger charge is 2.45. The van der Waals surface area contributed by atoms with Crippen LogP contribution in [-0.2, 0) is 13.5 Å². The second-order valence-corrected chi connectivity index (χ2v) is 9.87. The van der Waals surface area contributed by atoms with E-state index in [2.05, 4.69) is 39.1 Å². The van der Waals surface area contributed by atoms with Crippen molar-refractivity contribution < 1.29 is 0 Å². The molecular weight excluding hydrogens is 430 g/mol. The van der Waals surface area contributed by atoms with Crippen molar-refractivity contribution in [2.24, 2.45) is 18.2 Å². The molecular formula is C23H24ClN5OS. The van der Waals surface area contributed by atoms with Crippen LogP contribution in [0.3, 0.4) is 0 Å². The molecule has 1 saturated heterocycles. The van der Waals surface area contributed by atoms with Gasteiger partial charge in [-0.1, -0.05) is 47.6 Å². The lowest BCUT2D eigenvalue weighted by Gasteiger charge is -2.42. The minimum atomic E-state index is -0.217. The van der Waals surface area contributed by atoms with Gasteiger partial charge in [0.05, 0.1) is 12.4 Å². The summed E-state index contributed by atoms with van der Waals surface area (Å²) < 4.78 is 1.46. The zero-order valence-electron chi connectivity index (χ0n) is 17.3. The first-order valence-electron chi connectivity index (χ1n) is 10.4. The Labute approximate surface area is 190 Å². The third-order valence-electron chi connectivity index (χ3n) is 6.68. The Hall–Kier alpha value is -2.35. The van der Waals surface area contributed by atoms with Crippen LogP contribution in [0.25, 0.3) is 0 Å². The van der Waals surface area contributed by atoms with E-state index >= 15 is 0 Å². The third kappa shape index (κ3) is 3.64. The molecule has 3 heterocycles. The molecule has 0 amide bonds. The van der Waals surface area contributed by atoms with Gasteiger partial charge in [-0.25, -0.2) is 9.97 Å². The minimum absolute atomic E-state index is 0.110. The van der Waals surface area contributed by atoms with Gasteiger partial charge in [-0.2, -0.15) is 0 Å². The van der Waals surface area contributed by atoms with Gasteiger partial charge in [0.2, 0.25) is 0 Å². The number of anilines is 1. The van der Waals surface area contributed by atoms with Crippen LogP contribution >= 0.6 is 23.4 Å². The van der Waals surface area contributed by atoms with Gasteiger partial charge in [0.15, 0.2) is 0 Å². The molecule has 0 radical (unpaired) electrons. The molecule has 2 aliphatic rings. The van der Waals surface area contributed by atoms with Crippen LogP contribution in [-0.4, -0.2) is 27.6 Å². The predicted octanol–water partition coefficient (Wildman–Crippen LogP) is 3.82. The van der Waals surface area contributed by atoms with Gasteiger partial charge in [0, 0.05) is 37.3 Å². The van der Waals surface area contributed by atoms with Crippen LogP contribution in [0.5, 0.6) is 0 Å².